The molecule has 82 valence electrons. The summed E-state index contributed by atoms with van der Waals surface area (Å²) >= 11 is 4.78. The second-order valence-corrected chi connectivity index (χ2v) is 4.98. The quantitative estimate of drug-likeness (QED) is 0.809. The molecular formula is C11H8BrNO2S. The van der Waals surface area contributed by atoms with Crippen molar-refractivity contribution >= 4 is 33.5 Å². The van der Waals surface area contributed by atoms with E-state index in [1.807, 2.05) is 12.1 Å². The number of rotatable bonds is 3. The molecule has 0 N–H and O–H groups in total. The summed E-state index contributed by atoms with van der Waals surface area (Å²) in [6, 6.07) is 5.54. The fourth-order valence-electron chi connectivity index (χ4n) is 1.21. The average Bonchev–Trinajstić information content (AvgIpc) is 2.70. The molecule has 0 bridgehead atoms. The molecule has 1 aromatic carbocycles. The van der Waals surface area contributed by atoms with E-state index in [4.69, 9.17) is 4.42 Å². The fraction of sp³-hybridized carbons (Fsp3) is 0.0909. The van der Waals surface area contributed by atoms with Crippen molar-refractivity contribution < 1.29 is 9.21 Å². The number of carbonyl (C=O) groups excluding carboxylic acids is 1. The predicted octanol–water partition coefficient (Wildman–Crippen LogP) is 3.79. The van der Waals surface area contributed by atoms with Crippen LogP contribution in [0.1, 0.15) is 17.3 Å². The zero-order chi connectivity index (χ0) is 11.5. The van der Waals surface area contributed by atoms with E-state index in [2.05, 4.69) is 20.9 Å². The Balaban J connectivity index is 2.24. The molecule has 0 radical (unpaired) electrons. The predicted molar refractivity (Wildman–Crippen MR) is 64.8 cm³/mol. The lowest BCUT2D eigenvalue weighted by Crippen LogP contribution is -1.93. The number of aromatic nitrogens is 1. The van der Waals surface area contributed by atoms with Crippen molar-refractivity contribution in [2.45, 2.75) is 17.0 Å². The molecule has 0 aliphatic carbocycles. The molecule has 3 nitrogen and oxygen atoms in total. The van der Waals surface area contributed by atoms with Gasteiger partial charge in [0.1, 0.15) is 6.26 Å². The number of carbonyl (C=O) groups is 1. The summed E-state index contributed by atoms with van der Waals surface area (Å²) in [7, 11) is 0. The fourth-order valence-corrected chi connectivity index (χ4v) is 2.75. The molecule has 0 amide bonds. The molecule has 2 rings (SSSR count). The van der Waals surface area contributed by atoms with Gasteiger partial charge in [-0.2, -0.15) is 0 Å². The molecule has 0 aliphatic heterocycles. The number of nitrogens with zero attached hydrogens (tertiary/aromatic N) is 1. The summed E-state index contributed by atoms with van der Waals surface area (Å²) < 4.78 is 5.91. The van der Waals surface area contributed by atoms with Crippen molar-refractivity contribution in [3.05, 3.63) is 40.7 Å². The molecule has 1 aromatic heterocycles. The van der Waals surface area contributed by atoms with Gasteiger partial charge < -0.3 is 4.42 Å². The number of Topliss-reactive ketones (excluding diaryl/α,β-unsaturated/α-hetero) is 1. The molecule has 0 unspecified atom stereocenters. The van der Waals surface area contributed by atoms with Crippen molar-refractivity contribution in [2.75, 3.05) is 0 Å². The summed E-state index contributed by atoms with van der Waals surface area (Å²) in [4.78, 5) is 16.2. The standard InChI is InChI=1S/C11H8BrNO2S/c1-7(14)9-3-2-8(6-10(9)12)16-11-13-4-5-15-11/h2-6H,1H3. The average molecular weight is 298 g/mol. The summed E-state index contributed by atoms with van der Waals surface area (Å²) in [6.07, 6.45) is 3.13. The van der Waals surface area contributed by atoms with Crippen molar-refractivity contribution in [1.29, 1.82) is 0 Å². The minimum absolute atomic E-state index is 0.0412. The molecule has 0 saturated heterocycles. The maximum absolute atomic E-state index is 11.2. The van der Waals surface area contributed by atoms with Gasteiger partial charge in [-0.05, 0) is 36.9 Å². The van der Waals surface area contributed by atoms with Crippen LogP contribution in [0.25, 0.3) is 0 Å². The van der Waals surface area contributed by atoms with E-state index in [0.717, 1.165) is 9.37 Å². The first kappa shape index (κ1) is 11.4. The van der Waals surface area contributed by atoms with E-state index < -0.39 is 0 Å². The Bertz CT molecular complexity index is 511. The second-order valence-electron chi connectivity index (χ2n) is 3.10. The van der Waals surface area contributed by atoms with E-state index in [-0.39, 0.29) is 5.78 Å². The third kappa shape index (κ3) is 2.54. The molecule has 0 saturated carbocycles. The minimum Gasteiger partial charge on any atom is -0.440 e. The van der Waals surface area contributed by atoms with Crippen molar-refractivity contribution in [2.24, 2.45) is 0 Å². The lowest BCUT2D eigenvalue weighted by Gasteiger charge is -2.02. The Labute approximate surface area is 105 Å². The molecule has 1 heterocycles. The van der Waals surface area contributed by atoms with Gasteiger partial charge in [0.05, 0.1) is 6.20 Å². The molecule has 16 heavy (non-hydrogen) atoms. The summed E-state index contributed by atoms with van der Waals surface area (Å²) in [6.45, 7) is 1.54. The number of ketones is 1. The van der Waals surface area contributed by atoms with Gasteiger partial charge in [-0.3, -0.25) is 4.79 Å². The largest absolute Gasteiger partial charge is 0.440 e. The van der Waals surface area contributed by atoms with Gasteiger partial charge in [0.15, 0.2) is 5.78 Å². The highest BCUT2D eigenvalue weighted by Gasteiger charge is 2.07. The number of hydrogen-bond acceptors (Lipinski definition) is 4. The Hall–Kier alpha value is -1.07. The third-order valence-electron chi connectivity index (χ3n) is 1.93. The van der Waals surface area contributed by atoms with Crippen LogP contribution in [0.3, 0.4) is 0 Å². The van der Waals surface area contributed by atoms with Crippen LogP contribution in [0.15, 0.2) is 49.7 Å². The molecule has 2 aromatic rings. The third-order valence-corrected chi connectivity index (χ3v) is 3.46. The molecular weight excluding hydrogens is 290 g/mol. The van der Waals surface area contributed by atoms with Crippen LogP contribution < -0.4 is 0 Å². The van der Waals surface area contributed by atoms with Gasteiger partial charge in [-0.1, -0.05) is 15.9 Å². The Morgan fingerprint density at radius 3 is 2.88 bits per heavy atom. The molecule has 0 spiro atoms. The number of hydrogen-bond donors (Lipinski definition) is 0. The van der Waals surface area contributed by atoms with Gasteiger partial charge in [-0.25, -0.2) is 4.98 Å². The van der Waals surface area contributed by atoms with Crippen molar-refractivity contribution in [3.8, 4) is 0 Å². The first-order chi connectivity index (χ1) is 7.66. The maximum Gasteiger partial charge on any atom is 0.260 e. The van der Waals surface area contributed by atoms with E-state index >= 15 is 0 Å². The molecule has 0 atom stereocenters. The van der Waals surface area contributed by atoms with E-state index in [9.17, 15) is 4.79 Å². The monoisotopic (exact) mass is 297 g/mol. The van der Waals surface area contributed by atoms with E-state index in [0.29, 0.717) is 10.8 Å². The number of benzene rings is 1. The van der Waals surface area contributed by atoms with Crippen molar-refractivity contribution in [1.82, 2.24) is 4.98 Å². The highest BCUT2D eigenvalue weighted by Crippen LogP contribution is 2.30. The summed E-state index contributed by atoms with van der Waals surface area (Å²) in [5.41, 5.74) is 0.678. The smallest absolute Gasteiger partial charge is 0.260 e. The normalized spacial score (nSPS) is 10.4. The molecule has 0 fully saturated rings. The van der Waals surface area contributed by atoms with Gasteiger partial charge in [0.25, 0.3) is 5.22 Å². The van der Waals surface area contributed by atoms with Gasteiger partial charge in [-0.15, -0.1) is 0 Å². The topological polar surface area (TPSA) is 43.1 Å². The first-order valence-corrected chi connectivity index (χ1v) is 6.15. The van der Waals surface area contributed by atoms with Crippen LogP contribution in [0.2, 0.25) is 0 Å². The molecule has 5 heteroatoms. The Morgan fingerprint density at radius 2 is 2.31 bits per heavy atom. The summed E-state index contributed by atoms with van der Waals surface area (Å²) in [5.74, 6) is 0.0412. The van der Waals surface area contributed by atoms with Gasteiger partial charge >= 0.3 is 0 Å². The maximum atomic E-state index is 11.2. The van der Waals surface area contributed by atoms with E-state index in [1.54, 1.807) is 19.2 Å². The van der Waals surface area contributed by atoms with Crippen LogP contribution in [0, 0.1) is 0 Å². The lowest BCUT2D eigenvalue weighted by atomic mass is 10.2. The van der Waals surface area contributed by atoms with Crippen LogP contribution in [0.5, 0.6) is 0 Å². The van der Waals surface area contributed by atoms with Crippen LogP contribution in [-0.2, 0) is 0 Å². The Morgan fingerprint density at radius 1 is 1.50 bits per heavy atom. The summed E-state index contributed by atoms with van der Waals surface area (Å²) in [5, 5.41) is 0.586. The second kappa shape index (κ2) is 4.84. The lowest BCUT2D eigenvalue weighted by molar-refractivity contribution is 0.101. The Kier molecular flexibility index (Phi) is 3.46. The van der Waals surface area contributed by atoms with E-state index in [1.165, 1.54) is 18.0 Å². The van der Waals surface area contributed by atoms with Crippen molar-refractivity contribution in [3.63, 3.8) is 0 Å². The van der Waals surface area contributed by atoms with Crippen LogP contribution in [-0.4, -0.2) is 10.8 Å². The van der Waals surface area contributed by atoms with Crippen LogP contribution >= 0.6 is 27.7 Å². The van der Waals surface area contributed by atoms with Gasteiger partial charge in [0.2, 0.25) is 0 Å². The molecule has 0 aliphatic rings. The zero-order valence-corrected chi connectivity index (χ0v) is 10.8. The highest BCUT2D eigenvalue weighted by atomic mass is 79.9. The zero-order valence-electron chi connectivity index (χ0n) is 8.44. The SMILES string of the molecule is CC(=O)c1ccc(Sc2ncco2)cc1Br. The minimum atomic E-state index is 0.0412. The number of oxazole rings is 1. The van der Waals surface area contributed by atoms with Crippen LogP contribution in [0.4, 0.5) is 0 Å². The van der Waals surface area contributed by atoms with Gasteiger partial charge in [0, 0.05) is 14.9 Å². The first-order valence-electron chi connectivity index (χ1n) is 4.54. The number of halogens is 1. The highest BCUT2D eigenvalue weighted by molar-refractivity contribution is 9.10.